The summed E-state index contributed by atoms with van der Waals surface area (Å²) in [5, 5.41) is 8.52. The molecule has 0 aromatic rings. The summed E-state index contributed by atoms with van der Waals surface area (Å²) in [7, 11) is 1.64. The van der Waals surface area contributed by atoms with Crippen molar-refractivity contribution in [2.45, 2.75) is 31.7 Å². The molecule has 0 saturated carbocycles. The predicted molar refractivity (Wildman–Crippen MR) is 48.0 cm³/mol. The van der Waals surface area contributed by atoms with Gasteiger partial charge in [0.25, 0.3) is 0 Å². The lowest BCUT2D eigenvalue weighted by atomic mass is 10.3. The van der Waals surface area contributed by atoms with E-state index in [1.54, 1.807) is 7.11 Å². The van der Waals surface area contributed by atoms with Crippen molar-refractivity contribution < 1.29 is 24.1 Å². The standard InChI is InChI=1S/C9H16O5/c1-12-4-2-3-9-13-6-7(14-9)5-8(10)11/h7,9H,2-6H2,1H3,(H,10,11). The first kappa shape index (κ1) is 11.4. The number of ether oxygens (including phenoxy) is 3. The fourth-order valence-electron chi connectivity index (χ4n) is 1.36. The number of hydrogen-bond acceptors (Lipinski definition) is 4. The van der Waals surface area contributed by atoms with E-state index >= 15 is 0 Å². The maximum atomic E-state index is 10.4. The van der Waals surface area contributed by atoms with E-state index in [0.717, 1.165) is 12.8 Å². The molecular formula is C9H16O5. The smallest absolute Gasteiger partial charge is 0.306 e. The van der Waals surface area contributed by atoms with Gasteiger partial charge in [-0.05, 0) is 6.42 Å². The molecule has 0 amide bonds. The molecule has 2 atom stereocenters. The Labute approximate surface area is 82.9 Å². The largest absolute Gasteiger partial charge is 0.481 e. The van der Waals surface area contributed by atoms with Crippen LogP contribution in [-0.2, 0) is 19.0 Å². The molecule has 0 bridgehead atoms. The van der Waals surface area contributed by atoms with E-state index in [2.05, 4.69) is 0 Å². The van der Waals surface area contributed by atoms with Gasteiger partial charge in [0.1, 0.15) is 0 Å². The fourth-order valence-corrected chi connectivity index (χ4v) is 1.36. The van der Waals surface area contributed by atoms with Crippen LogP contribution in [-0.4, -0.2) is 43.8 Å². The monoisotopic (exact) mass is 204 g/mol. The summed E-state index contributed by atoms with van der Waals surface area (Å²) in [6, 6.07) is 0. The Morgan fingerprint density at radius 2 is 2.43 bits per heavy atom. The van der Waals surface area contributed by atoms with Gasteiger partial charge in [-0.2, -0.15) is 0 Å². The van der Waals surface area contributed by atoms with Crippen LogP contribution in [0.15, 0.2) is 0 Å². The van der Waals surface area contributed by atoms with Crippen LogP contribution in [0, 0.1) is 0 Å². The number of aliphatic carboxylic acids is 1. The quantitative estimate of drug-likeness (QED) is 0.643. The van der Waals surface area contributed by atoms with Crippen molar-refractivity contribution >= 4 is 5.97 Å². The lowest BCUT2D eigenvalue weighted by molar-refractivity contribution is -0.140. The molecule has 2 unspecified atom stereocenters. The average Bonchev–Trinajstić information content (AvgIpc) is 2.52. The van der Waals surface area contributed by atoms with Gasteiger partial charge < -0.3 is 19.3 Å². The van der Waals surface area contributed by atoms with E-state index < -0.39 is 5.97 Å². The molecule has 1 fully saturated rings. The Bertz CT molecular complexity index is 182. The minimum Gasteiger partial charge on any atom is -0.481 e. The van der Waals surface area contributed by atoms with E-state index in [0.29, 0.717) is 13.2 Å². The van der Waals surface area contributed by atoms with Gasteiger partial charge in [-0.15, -0.1) is 0 Å². The predicted octanol–water partition coefficient (Wildman–Crippen LogP) is 0.629. The summed E-state index contributed by atoms with van der Waals surface area (Å²) in [5.41, 5.74) is 0. The Balaban J connectivity index is 2.11. The average molecular weight is 204 g/mol. The topological polar surface area (TPSA) is 65.0 Å². The zero-order valence-corrected chi connectivity index (χ0v) is 8.27. The van der Waals surface area contributed by atoms with Crippen LogP contribution in [0.25, 0.3) is 0 Å². The number of methoxy groups -OCH3 is 1. The van der Waals surface area contributed by atoms with Crippen molar-refractivity contribution in [3.8, 4) is 0 Å². The first-order valence-electron chi connectivity index (χ1n) is 4.70. The SMILES string of the molecule is COCCCC1OCC(CC(=O)O)O1. The molecule has 5 heteroatoms. The summed E-state index contributed by atoms with van der Waals surface area (Å²) in [6.45, 7) is 1.05. The lowest BCUT2D eigenvalue weighted by Crippen LogP contribution is -2.16. The van der Waals surface area contributed by atoms with Crippen LogP contribution in [0.4, 0.5) is 0 Å². The van der Waals surface area contributed by atoms with Crippen molar-refractivity contribution in [1.82, 2.24) is 0 Å². The Morgan fingerprint density at radius 1 is 1.64 bits per heavy atom. The first-order valence-corrected chi connectivity index (χ1v) is 4.70. The maximum Gasteiger partial charge on any atom is 0.306 e. The minimum atomic E-state index is -0.851. The highest BCUT2D eigenvalue weighted by atomic mass is 16.7. The van der Waals surface area contributed by atoms with Gasteiger partial charge in [-0.3, -0.25) is 4.79 Å². The Kier molecular flexibility index (Phi) is 4.86. The second-order valence-electron chi connectivity index (χ2n) is 3.25. The number of hydrogen-bond donors (Lipinski definition) is 1. The summed E-state index contributed by atoms with van der Waals surface area (Å²) >= 11 is 0. The van der Waals surface area contributed by atoms with Crippen molar-refractivity contribution in [2.75, 3.05) is 20.3 Å². The van der Waals surface area contributed by atoms with E-state index in [1.165, 1.54) is 0 Å². The van der Waals surface area contributed by atoms with E-state index in [1.807, 2.05) is 0 Å². The molecule has 14 heavy (non-hydrogen) atoms. The van der Waals surface area contributed by atoms with Gasteiger partial charge in [-0.25, -0.2) is 0 Å². The van der Waals surface area contributed by atoms with E-state index in [-0.39, 0.29) is 18.8 Å². The van der Waals surface area contributed by atoms with Crippen LogP contribution in [0.5, 0.6) is 0 Å². The molecule has 0 aromatic carbocycles. The molecule has 1 heterocycles. The molecule has 1 saturated heterocycles. The third kappa shape index (κ3) is 4.04. The molecule has 1 N–H and O–H groups in total. The van der Waals surface area contributed by atoms with Crippen molar-refractivity contribution in [1.29, 1.82) is 0 Å². The number of rotatable bonds is 6. The fraction of sp³-hybridized carbons (Fsp3) is 0.889. The number of carboxylic acid groups (broad SMARTS) is 1. The van der Waals surface area contributed by atoms with E-state index in [9.17, 15) is 4.79 Å². The second-order valence-corrected chi connectivity index (χ2v) is 3.25. The van der Waals surface area contributed by atoms with Crippen LogP contribution in [0.1, 0.15) is 19.3 Å². The zero-order valence-electron chi connectivity index (χ0n) is 8.27. The molecule has 0 aliphatic carbocycles. The third-order valence-electron chi connectivity index (χ3n) is 2.00. The second kappa shape index (κ2) is 5.95. The molecule has 0 aromatic heterocycles. The van der Waals surface area contributed by atoms with Crippen LogP contribution >= 0.6 is 0 Å². The van der Waals surface area contributed by atoms with Gasteiger partial charge >= 0.3 is 5.97 Å². The maximum absolute atomic E-state index is 10.4. The van der Waals surface area contributed by atoms with Crippen LogP contribution in [0.3, 0.4) is 0 Å². The highest BCUT2D eigenvalue weighted by Gasteiger charge is 2.27. The van der Waals surface area contributed by atoms with Gasteiger partial charge in [-0.1, -0.05) is 0 Å². The molecule has 0 spiro atoms. The molecule has 1 aliphatic rings. The third-order valence-corrected chi connectivity index (χ3v) is 2.00. The molecule has 1 aliphatic heterocycles. The number of carbonyl (C=O) groups is 1. The summed E-state index contributed by atoms with van der Waals surface area (Å²) < 4.78 is 15.5. The van der Waals surface area contributed by atoms with Crippen LogP contribution < -0.4 is 0 Å². The zero-order chi connectivity index (χ0) is 10.4. The van der Waals surface area contributed by atoms with Gasteiger partial charge in [0.05, 0.1) is 19.1 Å². The normalized spacial score (nSPS) is 26.6. The molecule has 1 rings (SSSR count). The lowest BCUT2D eigenvalue weighted by Gasteiger charge is -2.09. The number of carboxylic acids is 1. The molecule has 82 valence electrons. The highest BCUT2D eigenvalue weighted by Crippen LogP contribution is 2.18. The van der Waals surface area contributed by atoms with Crippen LogP contribution in [0.2, 0.25) is 0 Å². The highest BCUT2D eigenvalue weighted by molar-refractivity contribution is 5.67. The van der Waals surface area contributed by atoms with E-state index in [4.69, 9.17) is 19.3 Å². The Morgan fingerprint density at radius 3 is 3.07 bits per heavy atom. The summed E-state index contributed by atoms with van der Waals surface area (Å²) in [5.74, 6) is -0.851. The molecular weight excluding hydrogens is 188 g/mol. The van der Waals surface area contributed by atoms with Crippen molar-refractivity contribution in [3.05, 3.63) is 0 Å². The molecule has 0 radical (unpaired) electrons. The van der Waals surface area contributed by atoms with Gasteiger partial charge in [0, 0.05) is 20.1 Å². The summed E-state index contributed by atoms with van der Waals surface area (Å²) in [4.78, 5) is 10.4. The summed E-state index contributed by atoms with van der Waals surface area (Å²) in [6.07, 6.45) is 1.08. The van der Waals surface area contributed by atoms with Crippen molar-refractivity contribution in [2.24, 2.45) is 0 Å². The minimum absolute atomic E-state index is 0.0147. The first-order chi connectivity index (χ1) is 6.72. The Hall–Kier alpha value is -0.650. The van der Waals surface area contributed by atoms with Gasteiger partial charge in [0.15, 0.2) is 6.29 Å². The van der Waals surface area contributed by atoms with Gasteiger partial charge in [0.2, 0.25) is 0 Å². The molecule has 5 nitrogen and oxygen atoms in total. The van der Waals surface area contributed by atoms with Crippen molar-refractivity contribution in [3.63, 3.8) is 0 Å².